The molecule has 0 aromatic heterocycles. The van der Waals surface area contributed by atoms with Crippen LogP contribution in [0.15, 0.2) is 12.3 Å². The fraction of sp³-hybridized carbons (Fsp3) is 0.400. The van der Waals surface area contributed by atoms with Crippen molar-refractivity contribution in [3.05, 3.63) is 12.3 Å². The van der Waals surface area contributed by atoms with Crippen LogP contribution in [0.5, 0.6) is 0 Å². The second-order valence-corrected chi connectivity index (χ2v) is 1.58. The third kappa shape index (κ3) is 0.796. The minimum absolute atomic E-state index is 0.278. The summed E-state index contributed by atoms with van der Waals surface area (Å²) in [5.41, 5.74) is 0. The Morgan fingerprint density at radius 1 is 1.86 bits per heavy atom. The van der Waals surface area contributed by atoms with Crippen LogP contribution in [0.1, 0.15) is 6.42 Å². The average Bonchev–Trinajstić information content (AvgIpc) is 2.14. The van der Waals surface area contributed by atoms with Crippen LogP contribution in [0.4, 0.5) is 0 Å². The van der Waals surface area contributed by atoms with Gasteiger partial charge in [0.25, 0.3) is 0 Å². The smallest absolute Gasteiger partial charge is 0.0638 e. The standard InChI is InChI=1S/C5H8N2/c6-4-5-2-1-3-7-5/h1,3-7H,2H2. The Bertz CT molecular complexity index is 88.3. The summed E-state index contributed by atoms with van der Waals surface area (Å²) in [6.07, 6.45) is 6.30. The minimum Gasteiger partial charge on any atom is -0.383 e. The molecule has 0 saturated heterocycles. The minimum atomic E-state index is 0.278. The lowest BCUT2D eigenvalue weighted by molar-refractivity contribution is 0.808. The van der Waals surface area contributed by atoms with E-state index in [2.05, 4.69) is 5.32 Å². The molecule has 0 aromatic carbocycles. The molecule has 0 aliphatic carbocycles. The molecule has 0 amide bonds. The van der Waals surface area contributed by atoms with Crippen molar-refractivity contribution in [1.82, 2.24) is 5.32 Å². The van der Waals surface area contributed by atoms with E-state index < -0.39 is 0 Å². The largest absolute Gasteiger partial charge is 0.383 e. The van der Waals surface area contributed by atoms with Crippen LogP contribution in [0, 0.1) is 5.41 Å². The highest BCUT2D eigenvalue weighted by atomic mass is 14.9. The second kappa shape index (κ2) is 1.78. The molecule has 2 nitrogen and oxygen atoms in total. The lowest BCUT2D eigenvalue weighted by atomic mass is 10.3. The predicted molar refractivity (Wildman–Crippen MR) is 29.5 cm³/mol. The van der Waals surface area contributed by atoms with Gasteiger partial charge >= 0.3 is 0 Å². The fourth-order valence-electron chi connectivity index (χ4n) is 0.590. The summed E-state index contributed by atoms with van der Waals surface area (Å²) in [6.45, 7) is 0. The van der Waals surface area contributed by atoms with Crippen molar-refractivity contribution in [2.24, 2.45) is 0 Å². The summed E-state index contributed by atoms with van der Waals surface area (Å²) in [4.78, 5) is 0. The van der Waals surface area contributed by atoms with Crippen molar-refractivity contribution in [3.63, 3.8) is 0 Å². The first-order chi connectivity index (χ1) is 3.43. The molecule has 2 heteroatoms. The van der Waals surface area contributed by atoms with E-state index in [9.17, 15) is 0 Å². The van der Waals surface area contributed by atoms with E-state index in [1.807, 2.05) is 12.3 Å². The van der Waals surface area contributed by atoms with Gasteiger partial charge in [-0.2, -0.15) is 0 Å². The maximum absolute atomic E-state index is 6.77. The molecule has 0 bridgehead atoms. The van der Waals surface area contributed by atoms with Crippen LogP contribution in [-0.2, 0) is 0 Å². The number of nitrogens with one attached hydrogen (secondary N) is 2. The number of rotatable bonds is 1. The normalized spacial score (nSPS) is 27.1. The summed E-state index contributed by atoms with van der Waals surface area (Å²) >= 11 is 0. The van der Waals surface area contributed by atoms with Crippen LogP contribution >= 0.6 is 0 Å². The van der Waals surface area contributed by atoms with E-state index in [4.69, 9.17) is 5.41 Å². The molecular formula is C5H8N2. The zero-order valence-corrected chi connectivity index (χ0v) is 4.02. The van der Waals surface area contributed by atoms with Crippen LogP contribution in [0.3, 0.4) is 0 Å². The van der Waals surface area contributed by atoms with E-state index in [0.29, 0.717) is 0 Å². The molecule has 0 spiro atoms. The third-order valence-corrected chi connectivity index (χ3v) is 1.02. The third-order valence-electron chi connectivity index (χ3n) is 1.02. The van der Waals surface area contributed by atoms with Gasteiger partial charge in [-0.05, 0) is 12.6 Å². The van der Waals surface area contributed by atoms with Crippen molar-refractivity contribution < 1.29 is 0 Å². The van der Waals surface area contributed by atoms with Gasteiger partial charge in [0.1, 0.15) is 0 Å². The van der Waals surface area contributed by atoms with Crippen LogP contribution in [0.2, 0.25) is 0 Å². The summed E-state index contributed by atoms with van der Waals surface area (Å²) in [5.74, 6) is 0. The Morgan fingerprint density at radius 3 is 3.00 bits per heavy atom. The fourth-order valence-corrected chi connectivity index (χ4v) is 0.590. The molecular weight excluding hydrogens is 88.1 g/mol. The second-order valence-electron chi connectivity index (χ2n) is 1.58. The highest BCUT2D eigenvalue weighted by Gasteiger charge is 2.01. The zero-order chi connectivity index (χ0) is 5.11. The predicted octanol–water partition coefficient (Wildman–Crippen LogP) is 0.512. The molecule has 0 fully saturated rings. The lowest BCUT2D eigenvalue weighted by Crippen LogP contribution is -2.19. The van der Waals surface area contributed by atoms with Crippen molar-refractivity contribution in [3.8, 4) is 0 Å². The highest BCUT2D eigenvalue weighted by Crippen LogP contribution is 1.95. The molecule has 1 rings (SSSR count). The van der Waals surface area contributed by atoms with Gasteiger partial charge in [-0.3, -0.25) is 0 Å². The molecule has 38 valence electrons. The van der Waals surface area contributed by atoms with Crippen LogP contribution in [-0.4, -0.2) is 12.3 Å². The van der Waals surface area contributed by atoms with E-state index in [1.54, 1.807) is 0 Å². The maximum Gasteiger partial charge on any atom is 0.0638 e. The maximum atomic E-state index is 6.77. The Balaban J connectivity index is 2.35. The molecule has 0 aromatic rings. The van der Waals surface area contributed by atoms with Gasteiger partial charge in [0.15, 0.2) is 0 Å². The molecule has 7 heavy (non-hydrogen) atoms. The molecule has 1 heterocycles. The molecule has 1 aliphatic rings. The molecule has 0 radical (unpaired) electrons. The first kappa shape index (κ1) is 4.37. The zero-order valence-electron chi connectivity index (χ0n) is 4.02. The Hall–Kier alpha value is -0.790. The van der Waals surface area contributed by atoms with Gasteiger partial charge in [-0.25, -0.2) is 0 Å². The average molecular weight is 96.1 g/mol. The molecule has 1 unspecified atom stereocenters. The topological polar surface area (TPSA) is 35.9 Å². The van der Waals surface area contributed by atoms with Gasteiger partial charge < -0.3 is 10.7 Å². The van der Waals surface area contributed by atoms with Crippen molar-refractivity contribution in [2.45, 2.75) is 12.5 Å². The molecule has 0 saturated carbocycles. The van der Waals surface area contributed by atoms with E-state index in [-0.39, 0.29) is 6.04 Å². The Morgan fingerprint density at radius 2 is 2.71 bits per heavy atom. The Labute approximate surface area is 42.7 Å². The number of hydrogen-bond donors (Lipinski definition) is 2. The van der Waals surface area contributed by atoms with Gasteiger partial charge in [0, 0.05) is 6.21 Å². The van der Waals surface area contributed by atoms with E-state index in [0.717, 1.165) is 6.42 Å². The highest BCUT2D eigenvalue weighted by molar-refractivity contribution is 5.61. The molecule has 2 N–H and O–H groups in total. The SMILES string of the molecule is N=CC1CC=CN1. The number of hydrogen-bond acceptors (Lipinski definition) is 2. The first-order valence-corrected chi connectivity index (χ1v) is 2.35. The summed E-state index contributed by atoms with van der Waals surface area (Å²) in [5, 5.41) is 9.76. The van der Waals surface area contributed by atoms with E-state index >= 15 is 0 Å². The summed E-state index contributed by atoms with van der Waals surface area (Å²) < 4.78 is 0. The van der Waals surface area contributed by atoms with E-state index in [1.165, 1.54) is 6.21 Å². The summed E-state index contributed by atoms with van der Waals surface area (Å²) in [7, 11) is 0. The first-order valence-electron chi connectivity index (χ1n) is 2.35. The van der Waals surface area contributed by atoms with Gasteiger partial charge in [-0.1, -0.05) is 6.08 Å². The van der Waals surface area contributed by atoms with Crippen LogP contribution in [0.25, 0.3) is 0 Å². The van der Waals surface area contributed by atoms with Gasteiger partial charge in [-0.15, -0.1) is 0 Å². The van der Waals surface area contributed by atoms with Crippen LogP contribution < -0.4 is 5.32 Å². The van der Waals surface area contributed by atoms with Crippen molar-refractivity contribution in [2.75, 3.05) is 0 Å². The molecule has 1 atom stereocenters. The quantitative estimate of drug-likeness (QED) is 0.458. The summed E-state index contributed by atoms with van der Waals surface area (Å²) in [6, 6.07) is 0.278. The van der Waals surface area contributed by atoms with Crippen molar-refractivity contribution in [1.29, 1.82) is 5.41 Å². The van der Waals surface area contributed by atoms with Crippen molar-refractivity contribution >= 4 is 6.21 Å². The van der Waals surface area contributed by atoms with Gasteiger partial charge in [0.05, 0.1) is 6.04 Å². The van der Waals surface area contributed by atoms with Gasteiger partial charge in [0.2, 0.25) is 0 Å². The molecule has 1 aliphatic heterocycles. The Kier molecular flexibility index (Phi) is 1.11. The monoisotopic (exact) mass is 96.1 g/mol. The lowest BCUT2D eigenvalue weighted by Gasteiger charge is -1.98.